The number of rotatable bonds is 3. The first-order valence-electron chi connectivity index (χ1n) is 5.91. The van der Waals surface area contributed by atoms with Crippen LogP contribution >= 0.6 is 11.6 Å². The van der Waals surface area contributed by atoms with Crippen LogP contribution < -0.4 is 10.5 Å². The van der Waals surface area contributed by atoms with Crippen molar-refractivity contribution in [3.05, 3.63) is 57.9 Å². The zero-order chi connectivity index (χ0) is 14.0. The van der Waals surface area contributed by atoms with Crippen molar-refractivity contribution in [2.45, 2.75) is 20.5 Å². The molecule has 4 heteroatoms. The van der Waals surface area contributed by atoms with Crippen LogP contribution in [0, 0.1) is 19.7 Å². The highest BCUT2D eigenvalue weighted by atomic mass is 35.5. The van der Waals surface area contributed by atoms with Crippen molar-refractivity contribution in [3.63, 3.8) is 0 Å². The molecular weight excluding hydrogens is 265 g/mol. The molecule has 2 N–H and O–H groups in total. The first kappa shape index (κ1) is 13.7. The van der Waals surface area contributed by atoms with Crippen LogP contribution in [0.25, 0.3) is 0 Å². The lowest BCUT2D eigenvalue weighted by Crippen LogP contribution is -2.01. The molecule has 0 aliphatic rings. The van der Waals surface area contributed by atoms with Crippen LogP contribution in [-0.4, -0.2) is 0 Å². The van der Waals surface area contributed by atoms with Crippen molar-refractivity contribution < 1.29 is 9.13 Å². The molecule has 0 aliphatic carbocycles. The summed E-state index contributed by atoms with van der Waals surface area (Å²) in [4.78, 5) is 0. The number of hydrogen-bond donors (Lipinski definition) is 1. The topological polar surface area (TPSA) is 35.2 Å². The Balaban J connectivity index is 2.16. The molecular formula is C15H15ClFNO. The van der Waals surface area contributed by atoms with Gasteiger partial charge in [0.25, 0.3) is 0 Å². The molecule has 0 amide bonds. The van der Waals surface area contributed by atoms with E-state index in [2.05, 4.69) is 0 Å². The summed E-state index contributed by atoms with van der Waals surface area (Å²) < 4.78 is 19.2. The zero-order valence-electron chi connectivity index (χ0n) is 10.8. The third-order valence-corrected chi connectivity index (χ3v) is 3.20. The quantitative estimate of drug-likeness (QED) is 0.852. The molecule has 0 fully saturated rings. The third kappa shape index (κ3) is 3.18. The van der Waals surface area contributed by atoms with Crippen molar-refractivity contribution in [2.75, 3.05) is 5.73 Å². The van der Waals surface area contributed by atoms with Gasteiger partial charge >= 0.3 is 0 Å². The van der Waals surface area contributed by atoms with Gasteiger partial charge in [-0.2, -0.15) is 0 Å². The van der Waals surface area contributed by atoms with Gasteiger partial charge < -0.3 is 10.5 Å². The van der Waals surface area contributed by atoms with Crippen LogP contribution in [-0.2, 0) is 6.61 Å². The Morgan fingerprint density at radius 2 is 1.89 bits per heavy atom. The Morgan fingerprint density at radius 3 is 2.58 bits per heavy atom. The minimum Gasteiger partial charge on any atom is -0.488 e. The average molecular weight is 280 g/mol. The van der Waals surface area contributed by atoms with Gasteiger partial charge in [-0.1, -0.05) is 23.7 Å². The number of ether oxygens (including phenoxy) is 1. The fourth-order valence-electron chi connectivity index (χ4n) is 1.80. The first-order valence-corrected chi connectivity index (χ1v) is 6.28. The predicted molar refractivity (Wildman–Crippen MR) is 76.1 cm³/mol. The fraction of sp³-hybridized carbons (Fsp3) is 0.200. The Kier molecular flexibility index (Phi) is 3.96. The van der Waals surface area contributed by atoms with Crippen molar-refractivity contribution in [2.24, 2.45) is 0 Å². The maximum Gasteiger partial charge on any atom is 0.131 e. The van der Waals surface area contributed by atoms with E-state index in [1.54, 1.807) is 18.2 Å². The maximum absolute atomic E-state index is 13.6. The highest BCUT2D eigenvalue weighted by Gasteiger charge is 2.07. The summed E-state index contributed by atoms with van der Waals surface area (Å²) in [6.45, 7) is 4.01. The van der Waals surface area contributed by atoms with E-state index in [4.69, 9.17) is 22.1 Å². The van der Waals surface area contributed by atoms with Gasteiger partial charge in [0.2, 0.25) is 0 Å². The van der Waals surface area contributed by atoms with Crippen LogP contribution in [0.2, 0.25) is 5.02 Å². The second-order valence-electron chi connectivity index (χ2n) is 4.50. The molecule has 0 radical (unpaired) electrons. The van der Waals surface area contributed by atoms with E-state index >= 15 is 0 Å². The average Bonchev–Trinajstić information content (AvgIpc) is 2.34. The van der Waals surface area contributed by atoms with Gasteiger partial charge in [-0.3, -0.25) is 0 Å². The van der Waals surface area contributed by atoms with Gasteiger partial charge in [0.15, 0.2) is 0 Å². The lowest BCUT2D eigenvalue weighted by Gasteiger charge is -2.12. The zero-order valence-corrected chi connectivity index (χ0v) is 11.6. The highest BCUT2D eigenvalue weighted by molar-refractivity contribution is 6.30. The molecule has 0 aromatic heterocycles. The molecule has 2 rings (SSSR count). The molecule has 2 aromatic rings. The summed E-state index contributed by atoms with van der Waals surface area (Å²) in [6.07, 6.45) is 0. The number of halogens is 2. The number of hydrogen-bond acceptors (Lipinski definition) is 2. The van der Waals surface area contributed by atoms with Gasteiger partial charge in [0, 0.05) is 22.3 Å². The van der Waals surface area contributed by atoms with E-state index in [0.29, 0.717) is 22.0 Å². The van der Waals surface area contributed by atoms with Gasteiger partial charge in [-0.15, -0.1) is 0 Å². The molecule has 0 spiro atoms. The summed E-state index contributed by atoms with van der Waals surface area (Å²) in [7, 11) is 0. The summed E-state index contributed by atoms with van der Waals surface area (Å²) >= 11 is 5.70. The van der Waals surface area contributed by atoms with Crippen LogP contribution in [0.3, 0.4) is 0 Å². The second kappa shape index (κ2) is 5.49. The van der Waals surface area contributed by atoms with E-state index < -0.39 is 0 Å². The second-order valence-corrected chi connectivity index (χ2v) is 4.94. The SMILES string of the molecule is Cc1cc(C)c(OCc2ccc(Cl)cc2F)cc1N. The van der Waals surface area contributed by atoms with Crippen LogP contribution in [0.1, 0.15) is 16.7 Å². The smallest absolute Gasteiger partial charge is 0.131 e. The highest BCUT2D eigenvalue weighted by Crippen LogP contribution is 2.25. The van der Waals surface area contributed by atoms with Crippen LogP contribution in [0.15, 0.2) is 30.3 Å². The minimum absolute atomic E-state index is 0.145. The van der Waals surface area contributed by atoms with Crippen molar-refractivity contribution in [1.29, 1.82) is 0 Å². The van der Waals surface area contributed by atoms with Gasteiger partial charge in [-0.05, 0) is 37.1 Å². The molecule has 0 saturated heterocycles. The fourth-order valence-corrected chi connectivity index (χ4v) is 1.96. The normalized spacial score (nSPS) is 10.5. The van der Waals surface area contributed by atoms with E-state index in [1.807, 2.05) is 19.9 Å². The van der Waals surface area contributed by atoms with Crippen molar-refractivity contribution in [1.82, 2.24) is 0 Å². The number of nitrogens with two attached hydrogens (primary N) is 1. The Morgan fingerprint density at radius 1 is 1.16 bits per heavy atom. The molecule has 0 aliphatic heterocycles. The predicted octanol–water partition coefficient (Wildman–Crippen LogP) is 4.26. The molecule has 2 nitrogen and oxygen atoms in total. The molecule has 100 valence electrons. The summed E-state index contributed by atoms with van der Waals surface area (Å²) in [5.41, 5.74) is 8.94. The summed E-state index contributed by atoms with van der Waals surface area (Å²) in [6, 6.07) is 8.24. The van der Waals surface area contributed by atoms with Gasteiger partial charge in [0.05, 0.1) is 0 Å². The van der Waals surface area contributed by atoms with Crippen LogP contribution in [0.4, 0.5) is 10.1 Å². The Hall–Kier alpha value is -1.74. The molecule has 0 unspecified atom stereocenters. The summed E-state index contributed by atoms with van der Waals surface area (Å²) in [5.74, 6) is 0.294. The number of aryl methyl sites for hydroxylation is 2. The molecule has 19 heavy (non-hydrogen) atoms. The Bertz CT molecular complexity index is 613. The number of anilines is 1. The van der Waals surface area contributed by atoms with E-state index in [-0.39, 0.29) is 12.4 Å². The van der Waals surface area contributed by atoms with E-state index in [1.165, 1.54) is 6.07 Å². The lowest BCUT2D eigenvalue weighted by atomic mass is 10.1. The Labute approximate surface area is 117 Å². The van der Waals surface area contributed by atoms with Crippen molar-refractivity contribution in [3.8, 4) is 5.75 Å². The van der Waals surface area contributed by atoms with Crippen LogP contribution in [0.5, 0.6) is 5.75 Å². The first-order chi connectivity index (χ1) is 8.97. The number of benzene rings is 2. The standard InChI is InChI=1S/C15H15ClFNO/c1-9-5-10(2)15(7-14(9)18)19-8-11-3-4-12(16)6-13(11)17/h3-7H,8,18H2,1-2H3. The van der Waals surface area contributed by atoms with E-state index in [0.717, 1.165) is 11.1 Å². The molecule has 2 aromatic carbocycles. The lowest BCUT2D eigenvalue weighted by molar-refractivity contribution is 0.298. The minimum atomic E-state index is -0.370. The monoisotopic (exact) mass is 279 g/mol. The number of nitrogen functional groups attached to an aromatic ring is 1. The van der Waals surface area contributed by atoms with Gasteiger partial charge in [-0.25, -0.2) is 4.39 Å². The molecule has 0 bridgehead atoms. The molecule has 0 saturated carbocycles. The van der Waals surface area contributed by atoms with E-state index in [9.17, 15) is 4.39 Å². The summed E-state index contributed by atoms with van der Waals surface area (Å²) in [5, 5.41) is 0.372. The maximum atomic E-state index is 13.6. The third-order valence-electron chi connectivity index (χ3n) is 2.96. The largest absolute Gasteiger partial charge is 0.488 e. The van der Waals surface area contributed by atoms with Gasteiger partial charge in [0.1, 0.15) is 18.2 Å². The van der Waals surface area contributed by atoms with Crippen molar-refractivity contribution >= 4 is 17.3 Å². The molecule has 0 atom stereocenters. The molecule has 0 heterocycles.